The highest BCUT2D eigenvalue weighted by molar-refractivity contribution is 5.67. The van der Waals surface area contributed by atoms with Crippen LogP contribution in [0.15, 0.2) is 24.3 Å². The Hall–Kier alpha value is -1.75. The van der Waals surface area contributed by atoms with Gasteiger partial charge in [-0.2, -0.15) is 0 Å². The summed E-state index contributed by atoms with van der Waals surface area (Å²) in [5.41, 5.74) is 0.527. The fraction of sp³-hybridized carbons (Fsp3) is 0.611. The normalized spacial score (nSPS) is 11.4. The third kappa shape index (κ3) is 8.45. The standard InChI is InChI=1S/C18H30N2O3/c1-6-20(7-2)12-13-22-16-10-8-15(9-11-16)14-19-17(21)23-18(3,4)5/h8-11H,6-7,12-14H2,1-5H3,(H,19,21). The zero-order chi connectivity index (χ0) is 17.3. The fourth-order valence-corrected chi connectivity index (χ4v) is 2.02. The molecule has 0 atom stereocenters. The van der Waals surface area contributed by atoms with Crippen molar-refractivity contribution >= 4 is 6.09 Å². The summed E-state index contributed by atoms with van der Waals surface area (Å²) in [5, 5.41) is 2.74. The van der Waals surface area contributed by atoms with E-state index in [0.29, 0.717) is 13.2 Å². The molecule has 1 amide bonds. The van der Waals surface area contributed by atoms with Crippen molar-refractivity contribution in [2.24, 2.45) is 0 Å². The molecular weight excluding hydrogens is 292 g/mol. The van der Waals surface area contributed by atoms with Crippen LogP contribution in [0.4, 0.5) is 4.79 Å². The zero-order valence-corrected chi connectivity index (χ0v) is 15.0. The van der Waals surface area contributed by atoms with Crippen molar-refractivity contribution in [1.29, 1.82) is 0 Å². The highest BCUT2D eigenvalue weighted by Gasteiger charge is 2.15. The fourth-order valence-electron chi connectivity index (χ4n) is 2.02. The number of nitrogens with one attached hydrogen (secondary N) is 1. The van der Waals surface area contributed by atoms with E-state index in [1.165, 1.54) is 0 Å². The molecule has 130 valence electrons. The number of alkyl carbamates (subject to hydrolysis) is 1. The van der Waals surface area contributed by atoms with Gasteiger partial charge in [-0.05, 0) is 51.6 Å². The number of rotatable bonds is 8. The molecule has 0 bridgehead atoms. The van der Waals surface area contributed by atoms with Crippen molar-refractivity contribution in [2.45, 2.75) is 46.8 Å². The second-order valence-corrected chi connectivity index (χ2v) is 6.37. The van der Waals surface area contributed by atoms with Crippen molar-refractivity contribution in [3.05, 3.63) is 29.8 Å². The van der Waals surface area contributed by atoms with Crippen molar-refractivity contribution in [3.63, 3.8) is 0 Å². The van der Waals surface area contributed by atoms with Crippen LogP contribution >= 0.6 is 0 Å². The molecule has 1 aromatic rings. The van der Waals surface area contributed by atoms with E-state index in [2.05, 4.69) is 24.1 Å². The molecule has 1 rings (SSSR count). The molecule has 23 heavy (non-hydrogen) atoms. The van der Waals surface area contributed by atoms with Gasteiger partial charge in [0.05, 0.1) is 0 Å². The van der Waals surface area contributed by atoms with Gasteiger partial charge >= 0.3 is 6.09 Å². The molecule has 0 unspecified atom stereocenters. The molecule has 0 aromatic heterocycles. The van der Waals surface area contributed by atoms with E-state index in [9.17, 15) is 4.79 Å². The van der Waals surface area contributed by atoms with Crippen LogP contribution in [0.2, 0.25) is 0 Å². The molecule has 0 heterocycles. The van der Waals surface area contributed by atoms with E-state index in [1.54, 1.807) is 0 Å². The van der Waals surface area contributed by atoms with E-state index in [0.717, 1.165) is 30.9 Å². The largest absolute Gasteiger partial charge is 0.492 e. The molecule has 1 aromatic carbocycles. The van der Waals surface area contributed by atoms with Crippen LogP contribution in [0.1, 0.15) is 40.2 Å². The Morgan fingerprint density at radius 1 is 1.13 bits per heavy atom. The molecular formula is C18H30N2O3. The van der Waals surface area contributed by atoms with Gasteiger partial charge in [-0.25, -0.2) is 4.79 Å². The van der Waals surface area contributed by atoms with Crippen LogP contribution in [-0.2, 0) is 11.3 Å². The SMILES string of the molecule is CCN(CC)CCOc1ccc(CNC(=O)OC(C)(C)C)cc1. The number of nitrogens with zero attached hydrogens (tertiary/aromatic N) is 1. The second kappa shape index (κ2) is 9.40. The summed E-state index contributed by atoms with van der Waals surface area (Å²) in [6.45, 7) is 13.9. The summed E-state index contributed by atoms with van der Waals surface area (Å²) < 4.78 is 10.9. The molecule has 0 radical (unpaired) electrons. The Morgan fingerprint density at radius 3 is 2.26 bits per heavy atom. The molecule has 5 heteroatoms. The van der Waals surface area contributed by atoms with Gasteiger partial charge in [0, 0.05) is 13.1 Å². The van der Waals surface area contributed by atoms with Crippen LogP contribution in [0.5, 0.6) is 5.75 Å². The van der Waals surface area contributed by atoms with Crippen LogP contribution in [0, 0.1) is 0 Å². The molecule has 0 fully saturated rings. The molecule has 0 saturated heterocycles. The summed E-state index contributed by atoms with van der Waals surface area (Å²) in [4.78, 5) is 13.9. The summed E-state index contributed by atoms with van der Waals surface area (Å²) >= 11 is 0. The van der Waals surface area contributed by atoms with Crippen LogP contribution < -0.4 is 10.1 Å². The lowest BCUT2D eigenvalue weighted by atomic mass is 10.2. The summed E-state index contributed by atoms with van der Waals surface area (Å²) in [7, 11) is 0. The smallest absolute Gasteiger partial charge is 0.407 e. The quantitative estimate of drug-likeness (QED) is 0.796. The number of carbonyl (C=O) groups excluding carboxylic acids is 1. The average Bonchev–Trinajstić information content (AvgIpc) is 2.49. The number of carbonyl (C=O) groups is 1. The topological polar surface area (TPSA) is 50.8 Å². The van der Waals surface area contributed by atoms with Gasteiger partial charge in [0.2, 0.25) is 0 Å². The minimum atomic E-state index is -0.480. The first-order valence-corrected chi connectivity index (χ1v) is 8.25. The number of benzene rings is 1. The average molecular weight is 322 g/mol. The van der Waals surface area contributed by atoms with Gasteiger partial charge in [0.25, 0.3) is 0 Å². The predicted octanol–water partition coefficient (Wildman–Crippen LogP) is 3.43. The maximum Gasteiger partial charge on any atom is 0.407 e. The molecule has 0 saturated carbocycles. The lowest BCUT2D eigenvalue weighted by Gasteiger charge is -2.19. The monoisotopic (exact) mass is 322 g/mol. The van der Waals surface area contributed by atoms with Gasteiger partial charge in [-0.3, -0.25) is 0 Å². The number of amides is 1. The summed E-state index contributed by atoms with van der Waals surface area (Å²) in [6, 6.07) is 7.75. The minimum absolute atomic E-state index is 0.406. The Morgan fingerprint density at radius 2 is 1.74 bits per heavy atom. The van der Waals surface area contributed by atoms with Gasteiger partial charge in [-0.15, -0.1) is 0 Å². The first-order valence-electron chi connectivity index (χ1n) is 8.25. The molecule has 1 N–H and O–H groups in total. The van der Waals surface area contributed by atoms with E-state index in [-0.39, 0.29) is 0 Å². The number of hydrogen-bond donors (Lipinski definition) is 1. The lowest BCUT2D eigenvalue weighted by Crippen LogP contribution is -2.32. The Labute approximate surface area is 140 Å². The number of hydrogen-bond acceptors (Lipinski definition) is 4. The molecule has 5 nitrogen and oxygen atoms in total. The van der Waals surface area contributed by atoms with Crippen molar-refractivity contribution < 1.29 is 14.3 Å². The minimum Gasteiger partial charge on any atom is -0.492 e. The Balaban J connectivity index is 2.34. The van der Waals surface area contributed by atoms with E-state index in [1.807, 2.05) is 45.0 Å². The second-order valence-electron chi connectivity index (χ2n) is 6.37. The maximum atomic E-state index is 11.6. The number of likely N-dealkylation sites (N-methyl/N-ethyl adjacent to an activating group) is 1. The van der Waals surface area contributed by atoms with Crippen molar-refractivity contribution in [2.75, 3.05) is 26.2 Å². The van der Waals surface area contributed by atoms with Crippen LogP contribution in [0.25, 0.3) is 0 Å². The summed E-state index contributed by atoms with van der Waals surface area (Å²) in [6.07, 6.45) is -0.406. The van der Waals surface area contributed by atoms with Crippen LogP contribution in [0.3, 0.4) is 0 Å². The first-order chi connectivity index (χ1) is 10.8. The van der Waals surface area contributed by atoms with E-state index >= 15 is 0 Å². The first kappa shape index (κ1) is 19.3. The Bertz CT molecular complexity index is 462. The highest BCUT2D eigenvalue weighted by Crippen LogP contribution is 2.12. The van der Waals surface area contributed by atoms with Crippen LogP contribution in [-0.4, -0.2) is 42.8 Å². The van der Waals surface area contributed by atoms with Gasteiger partial charge in [0.15, 0.2) is 0 Å². The van der Waals surface area contributed by atoms with Gasteiger partial charge in [0.1, 0.15) is 18.0 Å². The molecule has 0 aliphatic carbocycles. The number of ether oxygens (including phenoxy) is 2. The van der Waals surface area contributed by atoms with Gasteiger partial charge in [-0.1, -0.05) is 26.0 Å². The lowest BCUT2D eigenvalue weighted by molar-refractivity contribution is 0.0523. The molecule has 0 aliphatic heterocycles. The zero-order valence-electron chi connectivity index (χ0n) is 15.0. The molecule has 0 spiro atoms. The van der Waals surface area contributed by atoms with E-state index < -0.39 is 11.7 Å². The highest BCUT2D eigenvalue weighted by atomic mass is 16.6. The predicted molar refractivity (Wildman–Crippen MR) is 92.8 cm³/mol. The van der Waals surface area contributed by atoms with E-state index in [4.69, 9.17) is 9.47 Å². The third-order valence-corrected chi connectivity index (χ3v) is 3.33. The maximum absolute atomic E-state index is 11.6. The van der Waals surface area contributed by atoms with Gasteiger partial charge < -0.3 is 19.7 Å². The molecule has 0 aliphatic rings. The van der Waals surface area contributed by atoms with Crippen molar-refractivity contribution in [3.8, 4) is 5.75 Å². The third-order valence-electron chi connectivity index (χ3n) is 3.33. The summed E-state index contributed by atoms with van der Waals surface area (Å²) in [5.74, 6) is 0.846. The Kier molecular flexibility index (Phi) is 7.89. The van der Waals surface area contributed by atoms with Crippen molar-refractivity contribution in [1.82, 2.24) is 10.2 Å².